The summed E-state index contributed by atoms with van der Waals surface area (Å²) in [6, 6.07) is 19.0. The Morgan fingerprint density at radius 3 is 2.27 bits per heavy atom. The number of carbonyl (C=O) groups is 1. The van der Waals surface area contributed by atoms with Gasteiger partial charge in [0.25, 0.3) is 5.91 Å². The second-order valence-electron chi connectivity index (χ2n) is 5.97. The van der Waals surface area contributed by atoms with Gasteiger partial charge in [-0.05, 0) is 47.0 Å². The molecule has 3 nitrogen and oxygen atoms in total. The van der Waals surface area contributed by atoms with Crippen molar-refractivity contribution in [1.82, 2.24) is 0 Å². The Labute approximate surface area is 160 Å². The molecule has 0 radical (unpaired) electrons. The molecule has 0 spiro atoms. The first kappa shape index (κ1) is 16.7. The summed E-state index contributed by atoms with van der Waals surface area (Å²) in [6.45, 7) is 0. The third-order valence-corrected chi connectivity index (χ3v) is 4.84. The van der Waals surface area contributed by atoms with Crippen molar-refractivity contribution in [3.63, 3.8) is 0 Å². The number of nitrogens with one attached hydrogen (secondary N) is 1. The number of fused-ring (bicyclic) bond motifs is 1. The SMILES string of the molecule is O=C1Nc2ccc(-c3ccccc3)cc2/C1=C\c1cc(Cl)c(O)c(Cl)c1. The van der Waals surface area contributed by atoms with Crippen molar-refractivity contribution in [2.45, 2.75) is 0 Å². The lowest BCUT2D eigenvalue weighted by Crippen LogP contribution is -2.03. The zero-order chi connectivity index (χ0) is 18.3. The quantitative estimate of drug-likeness (QED) is 0.546. The molecular formula is C21H13Cl2NO2. The maximum Gasteiger partial charge on any atom is 0.256 e. The molecule has 4 rings (SSSR count). The van der Waals surface area contributed by atoms with Gasteiger partial charge in [-0.1, -0.05) is 59.6 Å². The first-order valence-electron chi connectivity index (χ1n) is 7.94. The van der Waals surface area contributed by atoms with Crippen LogP contribution in [0.15, 0.2) is 60.7 Å². The van der Waals surface area contributed by atoms with Crippen LogP contribution in [0.25, 0.3) is 22.8 Å². The van der Waals surface area contributed by atoms with E-state index in [1.165, 1.54) is 0 Å². The predicted octanol–water partition coefficient (Wildman–Crippen LogP) is 5.86. The summed E-state index contributed by atoms with van der Waals surface area (Å²) in [7, 11) is 0. The van der Waals surface area contributed by atoms with Gasteiger partial charge in [0.2, 0.25) is 0 Å². The zero-order valence-electron chi connectivity index (χ0n) is 13.5. The van der Waals surface area contributed by atoms with Crippen LogP contribution < -0.4 is 5.32 Å². The van der Waals surface area contributed by atoms with E-state index >= 15 is 0 Å². The van der Waals surface area contributed by atoms with E-state index in [-0.39, 0.29) is 21.7 Å². The molecular weight excluding hydrogens is 369 g/mol. The van der Waals surface area contributed by atoms with Gasteiger partial charge in [0.15, 0.2) is 5.75 Å². The smallest absolute Gasteiger partial charge is 0.256 e. The lowest BCUT2D eigenvalue weighted by molar-refractivity contribution is -0.110. The average Bonchev–Trinajstić information content (AvgIpc) is 2.95. The Kier molecular flexibility index (Phi) is 4.19. The van der Waals surface area contributed by atoms with Crippen LogP contribution in [-0.2, 0) is 4.79 Å². The summed E-state index contributed by atoms with van der Waals surface area (Å²) in [5.74, 6) is -0.358. The van der Waals surface area contributed by atoms with Crippen LogP contribution >= 0.6 is 23.2 Å². The highest BCUT2D eigenvalue weighted by molar-refractivity contribution is 6.38. The van der Waals surface area contributed by atoms with E-state index < -0.39 is 0 Å². The first-order valence-corrected chi connectivity index (χ1v) is 8.69. The fourth-order valence-electron chi connectivity index (χ4n) is 2.98. The molecule has 5 heteroatoms. The van der Waals surface area contributed by atoms with Gasteiger partial charge in [-0.15, -0.1) is 0 Å². The molecule has 1 aliphatic rings. The van der Waals surface area contributed by atoms with E-state index in [4.69, 9.17) is 23.2 Å². The van der Waals surface area contributed by atoms with Crippen molar-refractivity contribution >= 4 is 46.4 Å². The third-order valence-electron chi connectivity index (χ3n) is 4.26. The molecule has 1 aliphatic heterocycles. The number of carbonyl (C=O) groups excluding carboxylic acids is 1. The second kappa shape index (κ2) is 6.52. The van der Waals surface area contributed by atoms with E-state index in [1.807, 2.05) is 48.5 Å². The molecule has 0 aliphatic carbocycles. The Morgan fingerprint density at radius 1 is 0.885 bits per heavy atom. The van der Waals surface area contributed by atoms with Crippen molar-refractivity contribution in [1.29, 1.82) is 0 Å². The molecule has 0 saturated heterocycles. The number of aromatic hydroxyl groups is 1. The number of anilines is 1. The van der Waals surface area contributed by atoms with E-state index in [9.17, 15) is 9.90 Å². The van der Waals surface area contributed by atoms with Crippen LogP contribution in [0.2, 0.25) is 10.0 Å². The molecule has 0 aromatic heterocycles. The maximum absolute atomic E-state index is 12.4. The zero-order valence-corrected chi connectivity index (χ0v) is 15.0. The summed E-state index contributed by atoms with van der Waals surface area (Å²) in [5, 5.41) is 12.8. The predicted molar refractivity (Wildman–Crippen MR) is 107 cm³/mol. The fourth-order valence-corrected chi connectivity index (χ4v) is 3.48. The number of rotatable bonds is 2. The third kappa shape index (κ3) is 2.96. The average molecular weight is 382 g/mol. The molecule has 0 bridgehead atoms. The van der Waals surface area contributed by atoms with Gasteiger partial charge in [-0.2, -0.15) is 0 Å². The van der Waals surface area contributed by atoms with Gasteiger partial charge >= 0.3 is 0 Å². The number of amides is 1. The van der Waals surface area contributed by atoms with E-state index in [2.05, 4.69) is 5.32 Å². The van der Waals surface area contributed by atoms with Crippen LogP contribution in [0.3, 0.4) is 0 Å². The molecule has 1 heterocycles. The van der Waals surface area contributed by atoms with Gasteiger partial charge in [0, 0.05) is 16.8 Å². The molecule has 2 N–H and O–H groups in total. The van der Waals surface area contributed by atoms with E-state index in [0.717, 1.165) is 22.4 Å². The van der Waals surface area contributed by atoms with Crippen LogP contribution in [0, 0.1) is 0 Å². The lowest BCUT2D eigenvalue weighted by atomic mass is 9.98. The first-order chi connectivity index (χ1) is 12.5. The largest absolute Gasteiger partial charge is 0.505 e. The van der Waals surface area contributed by atoms with Crippen molar-refractivity contribution in [2.24, 2.45) is 0 Å². The summed E-state index contributed by atoms with van der Waals surface area (Å²) >= 11 is 12.0. The molecule has 128 valence electrons. The molecule has 0 saturated carbocycles. The van der Waals surface area contributed by atoms with Crippen molar-refractivity contribution in [3.05, 3.63) is 81.8 Å². The number of phenolic OH excluding ortho intramolecular Hbond substituents is 1. The minimum Gasteiger partial charge on any atom is -0.505 e. The topological polar surface area (TPSA) is 49.3 Å². The van der Waals surface area contributed by atoms with Crippen molar-refractivity contribution in [3.8, 4) is 16.9 Å². The highest BCUT2D eigenvalue weighted by atomic mass is 35.5. The van der Waals surface area contributed by atoms with Crippen molar-refractivity contribution in [2.75, 3.05) is 5.32 Å². The Bertz CT molecular complexity index is 1040. The van der Waals surface area contributed by atoms with Crippen LogP contribution in [0.5, 0.6) is 5.75 Å². The molecule has 3 aromatic rings. The normalized spacial score (nSPS) is 14.4. The number of benzene rings is 3. The Hall–Kier alpha value is -2.75. The fraction of sp³-hybridized carbons (Fsp3) is 0. The van der Waals surface area contributed by atoms with Gasteiger partial charge in [0.1, 0.15) is 0 Å². The van der Waals surface area contributed by atoms with Gasteiger partial charge in [-0.3, -0.25) is 4.79 Å². The van der Waals surface area contributed by atoms with Crippen LogP contribution in [0.4, 0.5) is 5.69 Å². The number of halogens is 2. The second-order valence-corrected chi connectivity index (χ2v) is 6.79. The lowest BCUT2D eigenvalue weighted by Gasteiger charge is -2.06. The minimum absolute atomic E-state index is 0.140. The molecule has 0 atom stereocenters. The van der Waals surface area contributed by atoms with Crippen LogP contribution in [-0.4, -0.2) is 11.0 Å². The highest BCUT2D eigenvalue weighted by Crippen LogP contribution is 2.38. The summed E-state index contributed by atoms with van der Waals surface area (Å²) in [6.07, 6.45) is 1.72. The molecule has 1 amide bonds. The summed E-state index contributed by atoms with van der Waals surface area (Å²) in [4.78, 5) is 12.4. The Balaban J connectivity index is 1.82. The monoisotopic (exact) mass is 381 g/mol. The molecule has 26 heavy (non-hydrogen) atoms. The molecule has 3 aromatic carbocycles. The number of hydrogen-bond acceptors (Lipinski definition) is 2. The van der Waals surface area contributed by atoms with E-state index in [1.54, 1.807) is 18.2 Å². The van der Waals surface area contributed by atoms with E-state index in [0.29, 0.717) is 11.1 Å². The standard InChI is InChI=1S/C21H13Cl2NO2/c22-17-9-12(10-18(23)20(17)25)8-16-15-11-14(13-4-2-1-3-5-13)6-7-19(15)24-21(16)26/h1-11,25H,(H,24,26)/b16-8+. The summed E-state index contributed by atoms with van der Waals surface area (Å²) in [5.41, 5.74) is 4.84. The van der Waals surface area contributed by atoms with Crippen LogP contribution in [0.1, 0.15) is 11.1 Å². The number of phenols is 1. The molecule has 0 fully saturated rings. The Morgan fingerprint density at radius 2 is 1.58 bits per heavy atom. The maximum atomic E-state index is 12.4. The van der Waals surface area contributed by atoms with Crippen molar-refractivity contribution < 1.29 is 9.90 Å². The van der Waals surface area contributed by atoms with Gasteiger partial charge in [-0.25, -0.2) is 0 Å². The minimum atomic E-state index is -0.189. The van der Waals surface area contributed by atoms with Gasteiger partial charge in [0.05, 0.1) is 10.0 Å². The molecule has 0 unspecified atom stereocenters. The van der Waals surface area contributed by atoms with Gasteiger partial charge < -0.3 is 10.4 Å². The summed E-state index contributed by atoms with van der Waals surface area (Å²) < 4.78 is 0. The number of hydrogen-bond donors (Lipinski definition) is 2. The highest BCUT2D eigenvalue weighted by Gasteiger charge is 2.24.